The van der Waals surface area contributed by atoms with Crippen LogP contribution in [0.1, 0.15) is 0 Å². The number of halogens is 2. The second-order valence-electron chi connectivity index (χ2n) is 4.26. The lowest BCUT2D eigenvalue weighted by Crippen LogP contribution is -2.00. The van der Waals surface area contributed by atoms with Gasteiger partial charge in [-0.05, 0) is 46.3 Å². The Morgan fingerprint density at radius 2 is 1.95 bits per heavy atom. The van der Waals surface area contributed by atoms with Gasteiger partial charge in [-0.15, -0.1) is 0 Å². The number of nitrogens with zero attached hydrogens (tertiary/aromatic N) is 2. The van der Waals surface area contributed by atoms with Crippen LogP contribution in [0.15, 0.2) is 40.9 Å². The largest absolute Gasteiger partial charge is 0.497 e. The molecular formula is C14H11BrFN3O. The van der Waals surface area contributed by atoms with Crippen molar-refractivity contribution in [2.24, 2.45) is 0 Å². The number of ether oxygens (including phenoxy) is 1. The average molecular weight is 336 g/mol. The molecule has 6 heteroatoms. The van der Waals surface area contributed by atoms with E-state index in [4.69, 9.17) is 10.5 Å². The Hall–Kier alpha value is -2.08. The lowest BCUT2D eigenvalue weighted by Gasteiger charge is -2.07. The molecule has 0 atom stereocenters. The molecule has 0 fully saturated rings. The first-order valence-corrected chi connectivity index (χ1v) is 6.67. The first-order valence-electron chi connectivity index (χ1n) is 5.87. The molecule has 0 bridgehead atoms. The van der Waals surface area contributed by atoms with Gasteiger partial charge in [0.05, 0.1) is 22.6 Å². The maximum atomic E-state index is 13.7. The molecule has 4 nitrogen and oxygen atoms in total. The molecule has 0 saturated heterocycles. The van der Waals surface area contributed by atoms with Crippen LogP contribution in [0.2, 0.25) is 0 Å². The van der Waals surface area contributed by atoms with Crippen LogP contribution in [0.25, 0.3) is 16.7 Å². The minimum atomic E-state index is -0.354. The Labute approximate surface area is 123 Å². The van der Waals surface area contributed by atoms with Gasteiger partial charge in [0.1, 0.15) is 11.6 Å². The lowest BCUT2D eigenvalue weighted by atomic mass is 10.2. The third-order valence-corrected chi connectivity index (χ3v) is 3.66. The molecular weight excluding hydrogens is 325 g/mol. The quantitative estimate of drug-likeness (QED) is 0.779. The molecule has 1 heterocycles. The van der Waals surface area contributed by atoms with E-state index in [0.29, 0.717) is 21.5 Å². The summed E-state index contributed by atoms with van der Waals surface area (Å²) >= 11 is 3.14. The average Bonchev–Trinajstić information content (AvgIpc) is 2.75. The van der Waals surface area contributed by atoms with Crippen molar-refractivity contribution in [1.82, 2.24) is 9.55 Å². The highest BCUT2D eigenvalue weighted by atomic mass is 79.9. The first kappa shape index (κ1) is 12.9. The molecule has 3 aromatic rings. The van der Waals surface area contributed by atoms with Crippen molar-refractivity contribution in [1.29, 1.82) is 0 Å². The van der Waals surface area contributed by atoms with Gasteiger partial charge in [-0.25, -0.2) is 9.37 Å². The van der Waals surface area contributed by atoms with E-state index in [0.717, 1.165) is 11.4 Å². The SMILES string of the molecule is COc1ccc(-n2c(N)nc3cc(Br)c(F)cc32)cc1. The Bertz CT molecular complexity index is 783. The Morgan fingerprint density at radius 1 is 1.25 bits per heavy atom. The fraction of sp³-hybridized carbons (Fsp3) is 0.0714. The van der Waals surface area contributed by atoms with Crippen molar-refractivity contribution >= 4 is 32.9 Å². The standard InChI is InChI=1S/C14H11BrFN3O/c1-20-9-4-2-8(3-5-9)19-13-7-11(16)10(15)6-12(13)18-14(19)17/h2-7H,1H3,(H2,17,18). The number of aromatic nitrogens is 2. The van der Waals surface area contributed by atoms with Crippen LogP contribution in [0, 0.1) is 5.82 Å². The number of benzene rings is 2. The van der Waals surface area contributed by atoms with E-state index < -0.39 is 0 Å². The summed E-state index contributed by atoms with van der Waals surface area (Å²) in [5, 5.41) is 0. The van der Waals surface area contributed by atoms with E-state index >= 15 is 0 Å². The summed E-state index contributed by atoms with van der Waals surface area (Å²) in [6, 6.07) is 10.3. The second kappa shape index (κ2) is 4.79. The van der Waals surface area contributed by atoms with E-state index in [1.54, 1.807) is 17.7 Å². The van der Waals surface area contributed by atoms with Crippen molar-refractivity contribution < 1.29 is 9.13 Å². The Morgan fingerprint density at radius 3 is 2.60 bits per heavy atom. The molecule has 0 aliphatic heterocycles. The van der Waals surface area contributed by atoms with Crippen LogP contribution in [-0.2, 0) is 0 Å². The number of hydrogen-bond acceptors (Lipinski definition) is 3. The van der Waals surface area contributed by atoms with Crippen LogP contribution in [0.5, 0.6) is 5.75 Å². The second-order valence-corrected chi connectivity index (χ2v) is 5.11. The third-order valence-electron chi connectivity index (χ3n) is 3.05. The number of nitrogen functional groups attached to an aromatic ring is 1. The number of fused-ring (bicyclic) bond motifs is 1. The van der Waals surface area contributed by atoms with Crippen molar-refractivity contribution in [3.8, 4) is 11.4 Å². The maximum absolute atomic E-state index is 13.7. The van der Waals surface area contributed by atoms with Crippen LogP contribution in [-0.4, -0.2) is 16.7 Å². The van der Waals surface area contributed by atoms with Crippen LogP contribution in [0.3, 0.4) is 0 Å². The minimum Gasteiger partial charge on any atom is -0.497 e. The fourth-order valence-corrected chi connectivity index (χ4v) is 2.43. The number of methoxy groups -OCH3 is 1. The molecule has 20 heavy (non-hydrogen) atoms. The van der Waals surface area contributed by atoms with Gasteiger partial charge in [-0.3, -0.25) is 4.57 Å². The van der Waals surface area contributed by atoms with Crippen molar-refractivity contribution in [2.75, 3.05) is 12.8 Å². The normalized spacial score (nSPS) is 10.9. The molecule has 2 N–H and O–H groups in total. The minimum absolute atomic E-state index is 0.308. The highest BCUT2D eigenvalue weighted by molar-refractivity contribution is 9.10. The molecule has 1 aromatic heterocycles. The van der Waals surface area contributed by atoms with Crippen LogP contribution >= 0.6 is 15.9 Å². The summed E-state index contributed by atoms with van der Waals surface area (Å²) < 4.78 is 20.9. The molecule has 0 saturated carbocycles. The maximum Gasteiger partial charge on any atom is 0.205 e. The van der Waals surface area contributed by atoms with E-state index in [1.165, 1.54) is 6.07 Å². The van der Waals surface area contributed by atoms with E-state index in [2.05, 4.69) is 20.9 Å². The number of nitrogens with two attached hydrogens (primary N) is 1. The summed E-state index contributed by atoms with van der Waals surface area (Å²) in [7, 11) is 1.60. The number of imidazole rings is 1. The molecule has 3 rings (SSSR count). The Kier molecular flexibility index (Phi) is 3.10. The number of anilines is 1. The van der Waals surface area contributed by atoms with Crippen molar-refractivity contribution in [3.05, 3.63) is 46.7 Å². The zero-order chi connectivity index (χ0) is 14.3. The molecule has 0 amide bonds. The predicted octanol–water partition coefficient (Wildman–Crippen LogP) is 3.52. The first-order chi connectivity index (χ1) is 9.60. The summed E-state index contributed by atoms with van der Waals surface area (Å²) in [6.45, 7) is 0. The lowest BCUT2D eigenvalue weighted by molar-refractivity contribution is 0.415. The van der Waals surface area contributed by atoms with Gasteiger partial charge in [0.25, 0.3) is 0 Å². The molecule has 0 aliphatic rings. The van der Waals surface area contributed by atoms with Gasteiger partial charge in [-0.1, -0.05) is 0 Å². The predicted molar refractivity (Wildman–Crippen MR) is 79.7 cm³/mol. The molecule has 0 radical (unpaired) electrons. The van der Waals surface area contributed by atoms with Gasteiger partial charge in [0.2, 0.25) is 5.95 Å². The topological polar surface area (TPSA) is 53.1 Å². The highest BCUT2D eigenvalue weighted by Crippen LogP contribution is 2.28. The number of hydrogen-bond donors (Lipinski definition) is 1. The van der Waals surface area contributed by atoms with E-state index in [9.17, 15) is 4.39 Å². The summed E-state index contributed by atoms with van der Waals surface area (Å²) in [5.74, 6) is 0.695. The smallest absolute Gasteiger partial charge is 0.205 e. The van der Waals surface area contributed by atoms with Gasteiger partial charge in [0.15, 0.2) is 0 Å². The summed E-state index contributed by atoms with van der Waals surface area (Å²) in [5.41, 5.74) is 7.99. The van der Waals surface area contributed by atoms with Crippen LogP contribution in [0.4, 0.5) is 10.3 Å². The summed E-state index contributed by atoms with van der Waals surface area (Å²) in [6.07, 6.45) is 0. The van der Waals surface area contributed by atoms with E-state index in [1.807, 2.05) is 24.3 Å². The third kappa shape index (κ3) is 2.02. The monoisotopic (exact) mass is 335 g/mol. The summed E-state index contributed by atoms with van der Waals surface area (Å²) in [4.78, 5) is 4.25. The van der Waals surface area contributed by atoms with E-state index in [-0.39, 0.29) is 5.82 Å². The Balaban J connectivity index is 2.23. The van der Waals surface area contributed by atoms with Crippen LogP contribution < -0.4 is 10.5 Å². The fourth-order valence-electron chi connectivity index (χ4n) is 2.09. The highest BCUT2D eigenvalue weighted by Gasteiger charge is 2.13. The molecule has 0 aliphatic carbocycles. The zero-order valence-electron chi connectivity index (χ0n) is 10.6. The van der Waals surface area contributed by atoms with Gasteiger partial charge < -0.3 is 10.5 Å². The van der Waals surface area contributed by atoms with Gasteiger partial charge >= 0.3 is 0 Å². The molecule has 0 unspecified atom stereocenters. The molecule has 2 aromatic carbocycles. The van der Waals surface area contributed by atoms with Crippen molar-refractivity contribution in [2.45, 2.75) is 0 Å². The zero-order valence-corrected chi connectivity index (χ0v) is 12.2. The van der Waals surface area contributed by atoms with Gasteiger partial charge in [-0.2, -0.15) is 0 Å². The molecule has 0 spiro atoms. The van der Waals surface area contributed by atoms with Gasteiger partial charge in [0, 0.05) is 11.8 Å². The molecule has 102 valence electrons. The van der Waals surface area contributed by atoms with Crippen molar-refractivity contribution in [3.63, 3.8) is 0 Å². The number of rotatable bonds is 2.